The molecule has 0 fully saturated rings. The molecule has 0 amide bonds. The van der Waals surface area contributed by atoms with Crippen molar-refractivity contribution < 1.29 is 4.74 Å². The van der Waals surface area contributed by atoms with Gasteiger partial charge in [0, 0.05) is 5.92 Å². The van der Waals surface area contributed by atoms with Crippen molar-refractivity contribution in [2.75, 3.05) is 6.61 Å². The second-order valence-corrected chi connectivity index (χ2v) is 4.81. The Morgan fingerprint density at radius 3 is 2.25 bits per heavy atom. The fourth-order valence-corrected chi connectivity index (χ4v) is 1.15. The van der Waals surface area contributed by atoms with E-state index in [1.807, 2.05) is 0 Å². The highest BCUT2D eigenvalue weighted by Gasteiger charge is 2.30. The smallest absolute Gasteiger partial charge is 0.186 e. The van der Waals surface area contributed by atoms with Crippen LogP contribution in [0.25, 0.3) is 0 Å². The Balaban J connectivity index is 2.65. The Morgan fingerprint density at radius 2 is 2.00 bits per heavy atom. The van der Waals surface area contributed by atoms with Gasteiger partial charge in [-0.05, 0) is 5.41 Å². The van der Waals surface area contributed by atoms with Crippen LogP contribution in [0.2, 0.25) is 0 Å². The second-order valence-electron chi connectivity index (χ2n) is 4.81. The summed E-state index contributed by atoms with van der Waals surface area (Å²) in [7, 11) is 0. The molecular formula is C10H19NO. The van der Waals surface area contributed by atoms with Crippen molar-refractivity contribution in [3.8, 4) is 0 Å². The molecule has 0 unspecified atom stereocenters. The maximum atomic E-state index is 5.50. The number of nitrogens with zero attached hydrogens (tertiary/aromatic N) is 1. The number of hydrogen-bond donors (Lipinski definition) is 0. The van der Waals surface area contributed by atoms with Crippen molar-refractivity contribution in [3.05, 3.63) is 0 Å². The molecule has 0 saturated heterocycles. The Kier molecular flexibility index (Phi) is 2.45. The van der Waals surface area contributed by atoms with Crippen molar-refractivity contribution in [1.82, 2.24) is 0 Å². The molecule has 1 rings (SSSR count). The first-order valence-corrected chi connectivity index (χ1v) is 4.61. The van der Waals surface area contributed by atoms with E-state index in [0.29, 0.717) is 12.0 Å². The van der Waals surface area contributed by atoms with Gasteiger partial charge in [0.05, 0.1) is 6.04 Å². The van der Waals surface area contributed by atoms with E-state index < -0.39 is 0 Å². The van der Waals surface area contributed by atoms with Crippen LogP contribution in [-0.4, -0.2) is 18.5 Å². The molecule has 0 aliphatic carbocycles. The minimum Gasteiger partial charge on any atom is -0.478 e. The molecule has 0 aromatic heterocycles. The molecule has 1 atom stereocenters. The molecule has 2 nitrogen and oxygen atoms in total. The first kappa shape index (κ1) is 9.56. The highest BCUT2D eigenvalue weighted by Crippen LogP contribution is 2.27. The van der Waals surface area contributed by atoms with Gasteiger partial charge in [0.2, 0.25) is 0 Å². The molecule has 2 heteroatoms. The fraction of sp³-hybridized carbons (Fsp3) is 0.900. The standard InChI is InChI=1S/C10H19NO/c1-7(2)9-11-8(6-12-9)10(3,4)5/h7-8H,6H2,1-5H3/t8-/m1/s1. The molecule has 1 aliphatic rings. The van der Waals surface area contributed by atoms with E-state index in [1.165, 1.54) is 0 Å². The molecular weight excluding hydrogens is 150 g/mol. The van der Waals surface area contributed by atoms with Gasteiger partial charge in [-0.1, -0.05) is 34.6 Å². The summed E-state index contributed by atoms with van der Waals surface area (Å²) >= 11 is 0. The van der Waals surface area contributed by atoms with Crippen molar-refractivity contribution in [3.63, 3.8) is 0 Å². The molecule has 1 heterocycles. The van der Waals surface area contributed by atoms with Crippen molar-refractivity contribution in [2.24, 2.45) is 16.3 Å². The first-order valence-electron chi connectivity index (χ1n) is 4.61. The summed E-state index contributed by atoms with van der Waals surface area (Å²) in [5.41, 5.74) is 0.233. The van der Waals surface area contributed by atoms with Crippen LogP contribution < -0.4 is 0 Å². The van der Waals surface area contributed by atoms with E-state index in [2.05, 4.69) is 39.6 Å². The third kappa shape index (κ3) is 1.99. The van der Waals surface area contributed by atoms with Gasteiger partial charge in [-0.25, -0.2) is 4.99 Å². The van der Waals surface area contributed by atoms with E-state index in [1.54, 1.807) is 0 Å². The zero-order valence-electron chi connectivity index (χ0n) is 8.72. The molecule has 0 aromatic rings. The Morgan fingerprint density at radius 1 is 1.42 bits per heavy atom. The van der Waals surface area contributed by atoms with Gasteiger partial charge < -0.3 is 4.74 Å². The molecule has 1 aliphatic heterocycles. The number of aliphatic imine (C=N–C) groups is 1. The number of hydrogen-bond acceptors (Lipinski definition) is 2. The largest absolute Gasteiger partial charge is 0.478 e. The maximum absolute atomic E-state index is 5.50. The molecule has 0 N–H and O–H groups in total. The number of ether oxygens (including phenoxy) is 1. The molecule has 12 heavy (non-hydrogen) atoms. The third-order valence-corrected chi connectivity index (χ3v) is 2.17. The monoisotopic (exact) mass is 169 g/mol. The first-order chi connectivity index (χ1) is 5.41. The van der Waals surface area contributed by atoms with Crippen LogP contribution in [0.5, 0.6) is 0 Å². The lowest BCUT2D eigenvalue weighted by Crippen LogP contribution is -2.25. The summed E-state index contributed by atoms with van der Waals surface area (Å²) in [6.45, 7) is 11.6. The highest BCUT2D eigenvalue weighted by molar-refractivity contribution is 5.79. The summed E-state index contributed by atoms with van der Waals surface area (Å²) in [5.74, 6) is 1.35. The summed E-state index contributed by atoms with van der Waals surface area (Å²) < 4.78 is 5.50. The van der Waals surface area contributed by atoms with Crippen molar-refractivity contribution >= 4 is 5.90 Å². The lowest BCUT2D eigenvalue weighted by molar-refractivity contribution is 0.230. The molecule has 70 valence electrons. The van der Waals surface area contributed by atoms with Gasteiger partial charge in [0.25, 0.3) is 0 Å². The molecule has 0 bridgehead atoms. The quantitative estimate of drug-likeness (QED) is 0.591. The minimum atomic E-state index is 0.233. The Bertz CT molecular complexity index is 189. The topological polar surface area (TPSA) is 21.6 Å². The second kappa shape index (κ2) is 3.08. The van der Waals surface area contributed by atoms with Gasteiger partial charge in [-0.15, -0.1) is 0 Å². The molecule has 0 spiro atoms. The van der Waals surface area contributed by atoms with Gasteiger partial charge in [0.15, 0.2) is 5.90 Å². The molecule has 0 saturated carbocycles. The van der Waals surface area contributed by atoms with Crippen LogP contribution in [0.4, 0.5) is 0 Å². The van der Waals surface area contributed by atoms with Gasteiger partial charge >= 0.3 is 0 Å². The van der Waals surface area contributed by atoms with Crippen molar-refractivity contribution in [1.29, 1.82) is 0 Å². The van der Waals surface area contributed by atoms with Gasteiger partial charge in [-0.3, -0.25) is 0 Å². The summed E-state index contributed by atoms with van der Waals surface area (Å²) in [4.78, 5) is 4.55. The minimum absolute atomic E-state index is 0.233. The van der Waals surface area contributed by atoms with Crippen molar-refractivity contribution in [2.45, 2.75) is 40.7 Å². The van der Waals surface area contributed by atoms with E-state index in [-0.39, 0.29) is 5.41 Å². The van der Waals surface area contributed by atoms with E-state index in [0.717, 1.165) is 12.5 Å². The summed E-state index contributed by atoms with van der Waals surface area (Å²) in [6.07, 6.45) is 0. The Hall–Kier alpha value is -0.530. The fourth-order valence-electron chi connectivity index (χ4n) is 1.15. The predicted octanol–water partition coefficient (Wildman–Crippen LogP) is 2.49. The number of rotatable bonds is 1. The van der Waals surface area contributed by atoms with E-state index >= 15 is 0 Å². The summed E-state index contributed by atoms with van der Waals surface area (Å²) in [6, 6.07) is 0.342. The average Bonchev–Trinajstić information content (AvgIpc) is 2.30. The SMILES string of the molecule is CC(C)C1=N[C@@H](C(C)(C)C)CO1. The van der Waals surface area contributed by atoms with Crippen LogP contribution in [0.15, 0.2) is 4.99 Å². The van der Waals surface area contributed by atoms with Crippen LogP contribution in [-0.2, 0) is 4.74 Å². The Labute approximate surface area is 75.0 Å². The zero-order chi connectivity index (χ0) is 9.35. The zero-order valence-corrected chi connectivity index (χ0v) is 8.72. The molecule has 0 radical (unpaired) electrons. The van der Waals surface area contributed by atoms with E-state index in [9.17, 15) is 0 Å². The predicted molar refractivity (Wildman–Crippen MR) is 51.5 cm³/mol. The van der Waals surface area contributed by atoms with Crippen LogP contribution >= 0.6 is 0 Å². The van der Waals surface area contributed by atoms with Crippen LogP contribution in [0.1, 0.15) is 34.6 Å². The summed E-state index contributed by atoms with van der Waals surface area (Å²) in [5, 5.41) is 0. The van der Waals surface area contributed by atoms with Gasteiger partial charge in [-0.2, -0.15) is 0 Å². The van der Waals surface area contributed by atoms with Crippen LogP contribution in [0, 0.1) is 11.3 Å². The maximum Gasteiger partial charge on any atom is 0.186 e. The highest BCUT2D eigenvalue weighted by atomic mass is 16.5. The lowest BCUT2D eigenvalue weighted by Gasteiger charge is -2.21. The van der Waals surface area contributed by atoms with E-state index in [4.69, 9.17) is 4.74 Å². The third-order valence-electron chi connectivity index (χ3n) is 2.17. The molecule has 0 aromatic carbocycles. The average molecular weight is 169 g/mol. The van der Waals surface area contributed by atoms with Gasteiger partial charge in [0.1, 0.15) is 6.61 Å². The van der Waals surface area contributed by atoms with Crippen LogP contribution in [0.3, 0.4) is 0 Å². The normalized spacial score (nSPS) is 24.2. The lowest BCUT2D eigenvalue weighted by atomic mass is 9.88.